The molecule has 1 amide bonds. The topological polar surface area (TPSA) is 67.3 Å². The van der Waals surface area contributed by atoms with Crippen LogP contribution in [0.25, 0.3) is 0 Å². The first-order chi connectivity index (χ1) is 13.2. The predicted molar refractivity (Wildman–Crippen MR) is 102 cm³/mol. The third kappa shape index (κ3) is 3.81. The van der Waals surface area contributed by atoms with Gasteiger partial charge in [-0.3, -0.25) is 14.7 Å². The van der Waals surface area contributed by atoms with E-state index in [1.807, 2.05) is 12.1 Å². The summed E-state index contributed by atoms with van der Waals surface area (Å²) in [7, 11) is 1.69. The van der Waals surface area contributed by atoms with Gasteiger partial charge in [-0.05, 0) is 61.9 Å². The molecule has 6 nitrogen and oxygen atoms in total. The van der Waals surface area contributed by atoms with Crippen LogP contribution < -0.4 is 10.1 Å². The Kier molecular flexibility index (Phi) is 5.07. The maximum absolute atomic E-state index is 12.4. The molecule has 2 fully saturated rings. The summed E-state index contributed by atoms with van der Waals surface area (Å²) in [6.07, 6.45) is 9.20. The zero-order chi connectivity index (χ0) is 18.7. The number of carbonyl (C=O) groups is 1. The minimum atomic E-state index is -0.104. The lowest BCUT2D eigenvalue weighted by Gasteiger charge is -2.54. The maximum Gasteiger partial charge on any atom is 0.271 e. The van der Waals surface area contributed by atoms with Crippen LogP contribution in [0.1, 0.15) is 41.7 Å². The molecule has 2 heterocycles. The van der Waals surface area contributed by atoms with Gasteiger partial charge in [0.25, 0.3) is 5.91 Å². The Morgan fingerprint density at radius 2 is 2.00 bits per heavy atom. The van der Waals surface area contributed by atoms with Crippen molar-refractivity contribution < 1.29 is 9.53 Å². The van der Waals surface area contributed by atoms with Gasteiger partial charge < -0.3 is 10.1 Å². The number of hydrogen-bond donors (Lipinski definition) is 1. The van der Waals surface area contributed by atoms with Crippen molar-refractivity contribution >= 4 is 5.91 Å². The molecule has 0 bridgehead atoms. The van der Waals surface area contributed by atoms with Gasteiger partial charge in [0.1, 0.15) is 11.4 Å². The van der Waals surface area contributed by atoms with Crippen molar-refractivity contribution in [3.05, 3.63) is 54.1 Å². The molecular formula is C21H26N4O2. The van der Waals surface area contributed by atoms with E-state index >= 15 is 0 Å². The molecule has 2 aliphatic rings. The molecular weight excluding hydrogens is 340 g/mol. The molecule has 0 unspecified atom stereocenters. The number of carbonyl (C=O) groups excluding carboxylic acids is 1. The van der Waals surface area contributed by atoms with E-state index in [0.29, 0.717) is 5.69 Å². The Hall–Kier alpha value is -2.47. The molecule has 1 aromatic carbocycles. The number of benzene rings is 1. The highest BCUT2D eigenvalue weighted by Crippen LogP contribution is 2.49. The van der Waals surface area contributed by atoms with Crippen LogP contribution in [0.3, 0.4) is 0 Å². The third-order valence-electron chi connectivity index (χ3n) is 6.19. The monoisotopic (exact) mass is 366 g/mol. The number of hydrogen-bond acceptors (Lipinski definition) is 5. The van der Waals surface area contributed by atoms with Crippen molar-refractivity contribution in [2.24, 2.45) is 5.41 Å². The van der Waals surface area contributed by atoms with Crippen LogP contribution in [0.15, 0.2) is 42.9 Å². The normalized spacial score (nSPS) is 21.4. The molecule has 1 atom stereocenters. The second-order valence-electron chi connectivity index (χ2n) is 7.64. The number of aromatic nitrogens is 2. The highest BCUT2D eigenvalue weighted by Gasteiger charge is 2.48. The largest absolute Gasteiger partial charge is 0.497 e. The standard InChI is InChI=1S/C21H26N4O2/c1-27-17-4-2-16(3-5-17)15-25-12-8-21(9-13-25)7-6-19(21)24-20(26)18-14-22-10-11-23-18/h2-5,10-11,14,19H,6-9,12-13,15H2,1H3,(H,24,26)/t19-/m1/s1. The molecule has 2 aromatic rings. The van der Waals surface area contributed by atoms with E-state index in [0.717, 1.165) is 44.6 Å². The number of likely N-dealkylation sites (tertiary alicyclic amines) is 1. The zero-order valence-corrected chi connectivity index (χ0v) is 15.7. The fourth-order valence-electron chi connectivity index (χ4n) is 4.31. The van der Waals surface area contributed by atoms with Gasteiger partial charge in [0.15, 0.2) is 0 Å². The average molecular weight is 366 g/mol. The number of ether oxygens (including phenoxy) is 1. The van der Waals surface area contributed by atoms with Crippen LogP contribution >= 0.6 is 0 Å². The summed E-state index contributed by atoms with van der Waals surface area (Å²) < 4.78 is 5.23. The number of nitrogens with zero attached hydrogens (tertiary/aromatic N) is 3. The quantitative estimate of drug-likeness (QED) is 0.881. The molecule has 1 aliphatic heterocycles. The Labute approximate surface area is 160 Å². The van der Waals surface area contributed by atoms with Gasteiger partial charge >= 0.3 is 0 Å². The summed E-state index contributed by atoms with van der Waals surface area (Å²) in [5.41, 5.74) is 1.97. The number of nitrogens with one attached hydrogen (secondary N) is 1. The summed E-state index contributed by atoms with van der Waals surface area (Å²) in [5, 5.41) is 3.20. The first kappa shape index (κ1) is 17.9. The highest BCUT2D eigenvalue weighted by atomic mass is 16.5. The van der Waals surface area contributed by atoms with E-state index in [1.165, 1.54) is 18.2 Å². The molecule has 142 valence electrons. The number of amides is 1. The van der Waals surface area contributed by atoms with E-state index in [1.54, 1.807) is 19.5 Å². The first-order valence-electron chi connectivity index (χ1n) is 9.61. The molecule has 1 aromatic heterocycles. The number of methoxy groups -OCH3 is 1. The lowest BCUT2D eigenvalue weighted by molar-refractivity contribution is -0.00719. The Morgan fingerprint density at radius 1 is 1.22 bits per heavy atom. The van der Waals surface area contributed by atoms with Crippen LogP contribution in [0.4, 0.5) is 0 Å². The van der Waals surface area contributed by atoms with Crippen LogP contribution in [0.5, 0.6) is 5.75 Å². The lowest BCUT2D eigenvalue weighted by atomic mass is 9.59. The fourth-order valence-corrected chi connectivity index (χ4v) is 4.31. The molecule has 4 rings (SSSR count). The van der Waals surface area contributed by atoms with E-state index in [9.17, 15) is 4.79 Å². The molecule has 1 spiro atoms. The minimum Gasteiger partial charge on any atom is -0.497 e. The fraction of sp³-hybridized carbons (Fsp3) is 0.476. The van der Waals surface area contributed by atoms with Crippen molar-refractivity contribution in [3.8, 4) is 5.75 Å². The number of rotatable bonds is 5. The van der Waals surface area contributed by atoms with E-state index in [-0.39, 0.29) is 17.4 Å². The smallest absolute Gasteiger partial charge is 0.271 e. The van der Waals surface area contributed by atoms with Crippen molar-refractivity contribution in [1.82, 2.24) is 20.2 Å². The summed E-state index contributed by atoms with van der Waals surface area (Å²) in [6, 6.07) is 8.57. The molecule has 6 heteroatoms. The van der Waals surface area contributed by atoms with Crippen molar-refractivity contribution in [1.29, 1.82) is 0 Å². The van der Waals surface area contributed by atoms with Crippen LogP contribution in [0, 0.1) is 5.41 Å². The summed E-state index contributed by atoms with van der Waals surface area (Å²) in [4.78, 5) is 23.0. The molecule has 0 radical (unpaired) electrons. The van der Waals surface area contributed by atoms with Gasteiger partial charge in [-0.15, -0.1) is 0 Å². The minimum absolute atomic E-state index is 0.104. The predicted octanol–water partition coefficient (Wildman–Crippen LogP) is 2.66. The molecule has 1 aliphatic carbocycles. The maximum atomic E-state index is 12.4. The third-order valence-corrected chi connectivity index (χ3v) is 6.19. The molecule has 1 saturated carbocycles. The van der Waals surface area contributed by atoms with Crippen LogP contribution in [-0.2, 0) is 6.54 Å². The Balaban J connectivity index is 1.30. The van der Waals surface area contributed by atoms with Gasteiger partial charge in [-0.25, -0.2) is 4.98 Å². The van der Waals surface area contributed by atoms with Crippen molar-refractivity contribution in [2.75, 3.05) is 20.2 Å². The Morgan fingerprint density at radius 3 is 2.59 bits per heavy atom. The molecule has 27 heavy (non-hydrogen) atoms. The SMILES string of the molecule is COc1ccc(CN2CCC3(CC[C@H]3NC(=O)c3cnccn3)CC2)cc1. The van der Waals surface area contributed by atoms with Gasteiger partial charge in [0, 0.05) is 25.0 Å². The second kappa shape index (κ2) is 7.64. The first-order valence-corrected chi connectivity index (χ1v) is 9.61. The van der Waals surface area contributed by atoms with Crippen molar-refractivity contribution in [2.45, 2.75) is 38.3 Å². The van der Waals surface area contributed by atoms with Gasteiger partial charge in [-0.1, -0.05) is 12.1 Å². The molecule has 1 saturated heterocycles. The van der Waals surface area contributed by atoms with Gasteiger partial charge in [-0.2, -0.15) is 0 Å². The zero-order valence-electron chi connectivity index (χ0n) is 15.7. The number of piperidine rings is 1. The summed E-state index contributed by atoms with van der Waals surface area (Å²) >= 11 is 0. The summed E-state index contributed by atoms with van der Waals surface area (Å²) in [5.74, 6) is 0.792. The second-order valence-corrected chi connectivity index (χ2v) is 7.64. The van der Waals surface area contributed by atoms with Crippen LogP contribution in [0.2, 0.25) is 0 Å². The van der Waals surface area contributed by atoms with Gasteiger partial charge in [0.05, 0.1) is 13.3 Å². The van der Waals surface area contributed by atoms with Crippen LogP contribution in [-0.4, -0.2) is 47.0 Å². The summed E-state index contributed by atoms with van der Waals surface area (Å²) in [6.45, 7) is 3.11. The van der Waals surface area contributed by atoms with E-state index < -0.39 is 0 Å². The van der Waals surface area contributed by atoms with E-state index in [4.69, 9.17) is 4.74 Å². The highest BCUT2D eigenvalue weighted by molar-refractivity contribution is 5.92. The lowest BCUT2D eigenvalue weighted by Crippen LogP contribution is -2.59. The average Bonchev–Trinajstić information content (AvgIpc) is 2.73. The Bertz CT molecular complexity index is 771. The molecule has 1 N–H and O–H groups in total. The van der Waals surface area contributed by atoms with Gasteiger partial charge in [0.2, 0.25) is 0 Å². The van der Waals surface area contributed by atoms with Crippen molar-refractivity contribution in [3.63, 3.8) is 0 Å². The van der Waals surface area contributed by atoms with E-state index in [2.05, 4.69) is 32.3 Å².